The molecule has 0 radical (unpaired) electrons. The predicted octanol–water partition coefficient (Wildman–Crippen LogP) is 4.34. The van der Waals surface area contributed by atoms with Crippen LogP contribution in [0.5, 0.6) is 0 Å². The molecule has 136 valence electrons. The molecule has 0 aliphatic rings. The highest BCUT2D eigenvalue weighted by molar-refractivity contribution is 7.95. The van der Waals surface area contributed by atoms with E-state index >= 15 is 0 Å². The molecule has 0 fully saturated rings. The normalized spacial score (nSPS) is 12.7. The van der Waals surface area contributed by atoms with Crippen LogP contribution in [0.4, 0.5) is 17.6 Å². The summed E-state index contributed by atoms with van der Waals surface area (Å²) in [6.07, 6.45) is -2.65. The maximum atomic E-state index is 13.9. The Morgan fingerprint density at radius 1 is 1.15 bits per heavy atom. The number of benzene rings is 2. The van der Waals surface area contributed by atoms with Gasteiger partial charge in [-0.25, -0.2) is 12.8 Å². The number of halogens is 4. The molecule has 3 nitrogen and oxygen atoms in total. The SMILES string of the molecule is CS(=O)(=O)/C(C#N)=C/c1cc(Cc2cccc(C(F)(F)F)c2)ccc1F. The van der Waals surface area contributed by atoms with Crippen LogP contribution in [0.2, 0.25) is 0 Å². The smallest absolute Gasteiger partial charge is 0.223 e. The van der Waals surface area contributed by atoms with Gasteiger partial charge in [-0.1, -0.05) is 24.3 Å². The molecule has 0 amide bonds. The minimum atomic E-state index is -4.47. The van der Waals surface area contributed by atoms with E-state index < -0.39 is 32.3 Å². The Labute approximate surface area is 148 Å². The van der Waals surface area contributed by atoms with Crippen LogP contribution >= 0.6 is 0 Å². The summed E-state index contributed by atoms with van der Waals surface area (Å²) in [7, 11) is -3.82. The Kier molecular flexibility index (Phi) is 5.52. The summed E-state index contributed by atoms with van der Waals surface area (Å²) in [5, 5.41) is 8.90. The zero-order chi connectivity index (χ0) is 19.5. The van der Waals surface area contributed by atoms with Gasteiger partial charge in [0.1, 0.15) is 16.8 Å². The van der Waals surface area contributed by atoms with Gasteiger partial charge < -0.3 is 0 Å². The van der Waals surface area contributed by atoms with Crippen LogP contribution in [0.15, 0.2) is 47.4 Å². The van der Waals surface area contributed by atoms with Crippen LogP contribution in [0.3, 0.4) is 0 Å². The summed E-state index contributed by atoms with van der Waals surface area (Å²) in [4.78, 5) is -0.604. The summed E-state index contributed by atoms with van der Waals surface area (Å²) in [5.41, 5.74) is -0.0785. The first kappa shape index (κ1) is 19.7. The number of alkyl halides is 3. The number of hydrogen-bond acceptors (Lipinski definition) is 3. The summed E-state index contributed by atoms with van der Waals surface area (Å²) in [5.74, 6) is -0.741. The minimum Gasteiger partial charge on any atom is -0.223 e. The molecule has 0 saturated heterocycles. The van der Waals surface area contributed by atoms with Crippen molar-refractivity contribution >= 4 is 15.9 Å². The Hall–Kier alpha value is -2.66. The van der Waals surface area contributed by atoms with Gasteiger partial charge in [-0.05, 0) is 41.8 Å². The number of hydrogen-bond donors (Lipinski definition) is 0. The molecule has 0 unspecified atom stereocenters. The Morgan fingerprint density at radius 2 is 1.81 bits per heavy atom. The highest BCUT2D eigenvalue weighted by Gasteiger charge is 2.30. The van der Waals surface area contributed by atoms with E-state index in [0.29, 0.717) is 11.1 Å². The Morgan fingerprint density at radius 3 is 2.38 bits per heavy atom. The molecule has 0 spiro atoms. The lowest BCUT2D eigenvalue weighted by atomic mass is 10.0. The van der Waals surface area contributed by atoms with E-state index in [-0.39, 0.29) is 12.0 Å². The summed E-state index contributed by atoms with van der Waals surface area (Å²) >= 11 is 0. The van der Waals surface area contributed by atoms with E-state index in [1.807, 2.05) is 0 Å². The topological polar surface area (TPSA) is 57.9 Å². The molecule has 0 atom stereocenters. The van der Waals surface area contributed by atoms with Gasteiger partial charge in [0, 0.05) is 11.8 Å². The van der Waals surface area contributed by atoms with Crippen LogP contribution < -0.4 is 0 Å². The van der Waals surface area contributed by atoms with E-state index in [1.165, 1.54) is 30.3 Å². The molecule has 0 bridgehead atoms. The van der Waals surface area contributed by atoms with Crippen molar-refractivity contribution in [3.8, 4) is 6.07 Å². The zero-order valence-corrected chi connectivity index (χ0v) is 14.3. The van der Waals surface area contributed by atoms with E-state index in [0.717, 1.165) is 30.5 Å². The molecule has 0 heterocycles. The molecule has 26 heavy (non-hydrogen) atoms. The average molecular weight is 383 g/mol. The fraction of sp³-hybridized carbons (Fsp3) is 0.167. The maximum absolute atomic E-state index is 13.9. The fourth-order valence-corrected chi connectivity index (χ4v) is 2.78. The van der Waals surface area contributed by atoms with Crippen molar-refractivity contribution in [1.29, 1.82) is 5.26 Å². The van der Waals surface area contributed by atoms with Crippen LogP contribution in [0.25, 0.3) is 6.08 Å². The van der Waals surface area contributed by atoms with E-state index in [9.17, 15) is 26.0 Å². The van der Waals surface area contributed by atoms with Crippen LogP contribution in [-0.2, 0) is 22.4 Å². The van der Waals surface area contributed by atoms with Crippen molar-refractivity contribution in [2.24, 2.45) is 0 Å². The third kappa shape index (κ3) is 4.92. The first-order valence-electron chi connectivity index (χ1n) is 7.27. The molecule has 2 aromatic rings. The number of nitrogens with zero attached hydrogens (tertiary/aromatic N) is 1. The molecule has 0 aliphatic heterocycles. The lowest BCUT2D eigenvalue weighted by Gasteiger charge is -2.09. The Balaban J connectivity index is 2.40. The molecule has 0 aliphatic carbocycles. The number of allylic oxidation sites excluding steroid dienone is 1. The largest absolute Gasteiger partial charge is 0.416 e. The standard InChI is InChI=1S/C18H13F4NO2S/c1-26(24,25)16(11-23)10-14-8-13(5-6-17(14)19)7-12-3-2-4-15(9-12)18(20,21)22/h2-6,8-10H,7H2,1H3/b16-10+. The van der Waals surface area contributed by atoms with Crippen molar-refractivity contribution < 1.29 is 26.0 Å². The third-order valence-electron chi connectivity index (χ3n) is 3.52. The lowest BCUT2D eigenvalue weighted by molar-refractivity contribution is -0.137. The minimum absolute atomic E-state index is 0.0891. The number of rotatable bonds is 4. The second kappa shape index (κ2) is 7.30. The van der Waals surface area contributed by atoms with E-state index in [2.05, 4.69) is 0 Å². The second-order valence-corrected chi connectivity index (χ2v) is 7.61. The molecular formula is C18H13F4NO2S. The number of sulfone groups is 1. The molecule has 2 aromatic carbocycles. The monoisotopic (exact) mass is 383 g/mol. The molecule has 0 aromatic heterocycles. The quantitative estimate of drug-likeness (QED) is 0.583. The van der Waals surface area contributed by atoms with Gasteiger partial charge >= 0.3 is 6.18 Å². The van der Waals surface area contributed by atoms with Gasteiger partial charge in [0.25, 0.3) is 0 Å². The van der Waals surface area contributed by atoms with Gasteiger partial charge in [-0.3, -0.25) is 0 Å². The van der Waals surface area contributed by atoms with Gasteiger partial charge in [0.05, 0.1) is 5.56 Å². The molecule has 0 saturated carbocycles. The highest BCUT2D eigenvalue weighted by Crippen LogP contribution is 2.30. The first-order valence-corrected chi connectivity index (χ1v) is 9.16. The second-order valence-electron chi connectivity index (χ2n) is 5.62. The Bertz CT molecular complexity index is 1000. The van der Waals surface area contributed by atoms with E-state index in [1.54, 1.807) is 0 Å². The van der Waals surface area contributed by atoms with Gasteiger partial charge in [-0.15, -0.1) is 0 Å². The van der Waals surface area contributed by atoms with Crippen molar-refractivity contribution in [1.82, 2.24) is 0 Å². The molecule has 2 rings (SSSR count). The predicted molar refractivity (Wildman–Crippen MR) is 89.1 cm³/mol. The van der Waals surface area contributed by atoms with Crippen molar-refractivity contribution in [3.63, 3.8) is 0 Å². The molecular weight excluding hydrogens is 370 g/mol. The molecule has 0 N–H and O–H groups in total. The van der Waals surface area contributed by atoms with E-state index in [4.69, 9.17) is 5.26 Å². The van der Waals surface area contributed by atoms with Crippen LogP contribution in [-0.4, -0.2) is 14.7 Å². The van der Waals surface area contributed by atoms with Crippen molar-refractivity contribution in [2.45, 2.75) is 12.6 Å². The van der Waals surface area contributed by atoms with Crippen LogP contribution in [0, 0.1) is 17.1 Å². The average Bonchev–Trinajstić information content (AvgIpc) is 2.53. The summed E-state index contributed by atoms with van der Waals surface area (Å²) in [6.45, 7) is 0. The first-order chi connectivity index (χ1) is 12.0. The van der Waals surface area contributed by atoms with Crippen LogP contribution in [0.1, 0.15) is 22.3 Å². The van der Waals surface area contributed by atoms with Crippen molar-refractivity contribution in [2.75, 3.05) is 6.26 Å². The third-order valence-corrected chi connectivity index (χ3v) is 4.53. The number of nitriles is 1. The van der Waals surface area contributed by atoms with Crippen molar-refractivity contribution in [3.05, 3.63) is 75.4 Å². The fourth-order valence-electron chi connectivity index (χ4n) is 2.27. The van der Waals surface area contributed by atoms with Gasteiger partial charge in [0.15, 0.2) is 9.84 Å². The zero-order valence-electron chi connectivity index (χ0n) is 13.5. The maximum Gasteiger partial charge on any atom is 0.416 e. The summed E-state index contributed by atoms with van der Waals surface area (Å²) in [6, 6.07) is 9.99. The lowest BCUT2D eigenvalue weighted by Crippen LogP contribution is -2.05. The molecule has 8 heteroatoms. The van der Waals surface area contributed by atoms with Gasteiger partial charge in [-0.2, -0.15) is 18.4 Å². The van der Waals surface area contributed by atoms with Gasteiger partial charge in [0.2, 0.25) is 0 Å². The highest BCUT2D eigenvalue weighted by atomic mass is 32.2. The summed E-state index contributed by atoms with van der Waals surface area (Å²) < 4.78 is 75.2.